The Kier molecular flexibility index (Phi) is 9.75. The lowest BCUT2D eigenvalue weighted by Gasteiger charge is -2.32. The fourth-order valence-electron chi connectivity index (χ4n) is 4.45. The fourth-order valence-corrected chi connectivity index (χ4v) is 4.45. The Bertz CT molecular complexity index is 1140. The van der Waals surface area contributed by atoms with Gasteiger partial charge in [-0.25, -0.2) is 4.98 Å². The van der Waals surface area contributed by atoms with E-state index in [9.17, 15) is 24.3 Å². The molecule has 0 radical (unpaired) electrons. The molecule has 5 unspecified atom stereocenters. The molecule has 4 amide bonds. The van der Waals surface area contributed by atoms with Crippen LogP contribution in [0, 0.1) is 11.8 Å². The van der Waals surface area contributed by atoms with Crippen LogP contribution in [0.15, 0.2) is 42.9 Å². The summed E-state index contributed by atoms with van der Waals surface area (Å²) in [4.78, 5) is 60.8. The Morgan fingerprint density at radius 2 is 1.79 bits per heavy atom. The summed E-state index contributed by atoms with van der Waals surface area (Å²) in [6, 6.07) is 3.17. The van der Waals surface area contributed by atoms with Gasteiger partial charge in [-0.3, -0.25) is 24.2 Å². The molecule has 0 aliphatic carbocycles. The number of amides is 4. The van der Waals surface area contributed by atoms with Gasteiger partial charge in [0, 0.05) is 30.6 Å². The lowest BCUT2D eigenvalue weighted by atomic mass is 9.94. The first-order chi connectivity index (χ1) is 18.0. The maximum Gasteiger partial charge on any atom is 0.274 e. The number of nitrogens with zero attached hydrogens (tertiary/aromatic N) is 2. The molecule has 1 aliphatic heterocycles. The maximum absolute atomic E-state index is 13.6. The zero-order valence-corrected chi connectivity index (χ0v) is 22.1. The smallest absolute Gasteiger partial charge is 0.274 e. The van der Waals surface area contributed by atoms with E-state index in [0.29, 0.717) is 19.3 Å². The van der Waals surface area contributed by atoms with Crippen molar-refractivity contribution >= 4 is 23.6 Å². The molecule has 2 aromatic rings. The summed E-state index contributed by atoms with van der Waals surface area (Å²) in [5.74, 6) is -2.75. The van der Waals surface area contributed by atoms with Crippen LogP contribution in [0.3, 0.4) is 0 Å². The summed E-state index contributed by atoms with van der Waals surface area (Å²) < 4.78 is 0. The summed E-state index contributed by atoms with van der Waals surface area (Å²) in [7, 11) is 0. The number of carbonyl (C=O) groups excluding carboxylic acids is 4. The second-order valence-electron chi connectivity index (χ2n) is 10.2. The van der Waals surface area contributed by atoms with Crippen molar-refractivity contribution in [2.75, 3.05) is 0 Å². The van der Waals surface area contributed by atoms with E-state index in [0.717, 1.165) is 5.56 Å². The van der Waals surface area contributed by atoms with Gasteiger partial charge in [-0.2, -0.15) is 0 Å². The molecular formula is C27H36N6O5. The number of hydrogen-bond donors (Lipinski definition) is 5. The third kappa shape index (κ3) is 7.74. The van der Waals surface area contributed by atoms with Crippen molar-refractivity contribution in [1.82, 2.24) is 31.2 Å². The summed E-state index contributed by atoms with van der Waals surface area (Å²) >= 11 is 0. The Balaban J connectivity index is 1.94. The van der Waals surface area contributed by atoms with Crippen LogP contribution in [-0.4, -0.2) is 62.9 Å². The van der Waals surface area contributed by atoms with E-state index in [1.165, 1.54) is 18.3 Å². The highest BCUT2D eigenvalue weighted by Crippen LogP contribution is 2.16. The molecule has 1 fully saturated rings. The minimum absolute atomic E-state index is 0.119. The topological polar surface area (TPSA) is 162 Å². The number of aromatic nitrogens is 2. The maximum atomic E-state index is 13.6. The molecule has 3 heterocycles. The standard InChI is InChI=1S/C27H36N6O5/c1-15(2)11-20-25(36)30-17(4)22(33-27(38)23-21(34)8-6-10-29-23)26(37)31-19(12-16(3)24(35)32-20)13-18-7-5-9-28-14-18/h5-10,14-17,19-20,22,34H,11-13H2,1-4H3,(H,30,36)(H,31,37)(H,32,35)(H,33,38). The van der Waals surface area contributed by atoms with E-state index in [-0.39, 0.29) is 23.3 Å². The first-order valence-corrected chi connectivity index (χ1v) is 12.8. The van der Waals surface area contributed by atoms with Crippen LogP contribution < -0.4 is 21.3 Å². The number of hydrogen-bond acceptors (Lipinski definition) is 7. The molecular weight excluding hydrogens is 488 g/mol. The van der Waals surface area contributed by atoms with Crippen molar-refractivity contribution in [2.24, 2.45) is 11.8 Å². The molecule has 0 saturated carbocycles. The van der Waals surface area contributed by atoms with Gasteiger partial charge >= 0.3 is 0 Å². The van der Waals surface area contributed by atoms with E-state index in [1.807, 2.05) is 19.9 Å². The van der Waals surface area contributed by atoms with E-state index in [2.05, 4.69) is 31.2 Å². The molecule has 11 nitrogen and oxygen atoms in total. The molecule has 3 rings (SSSR count). The van der Waals surface area contributed by atoms with Crippen molar-refractivity contribution in [2.45, 2.75) is 71.1 Å². The zero-order valence-electron chi connectivity index (χ0n) is 22.1. The van der Waals surface area contributed by atoms with Gasteiger partial charge in [0.25, 0.3) is 5.91 Å². The highest BCUT2D eigenvalue weighted by molar-refractivity contribution is 5.98. The SMILES string of the molecule is CC(C)CC1NC(=O)C(C)CC(Cc2cccnc2)NC(=O)C(NC(=O)c2ncccc2O)C(C)NC1=O. The number of carbonyl (C=O) groups is 4. The second-order valence-corrected chi connectivity index (χ2v) is 10.2. The zero-order chi connectivity index (χ0) is 27.8. The lowest BCUT2D eigenvalue weighted by molar-refractivity contribution is -0.133. The van der Waals surface area contributed by atoms with Crippen LogP contribution in [0.25, 0.3) is 0 Å². The van der Waals surface area contributed by atoms with E-state index in [1.54, 1.807) is 32.3 Å². The van der Waals surface area contributed by atoms with Crippen molar-refractivity contribution < 1.29 is 24.3 Å². The first-order valence-electron chi connectivity index (χ1n) is 12.8. The molecule has 1 aliphatic rings. The molecule has 2 aromatic heterocycles. The quantitative estimate of drug-likeness (QED) is 0.378. The van der Waals surface area contributed by atoms with Crippen LogP contribution in [0.4, 0.5) is 0 Å². The molecule has 1 saturated heterocycles. The molecule has 5 atom stereocenters. The average Bonchev–Trinajstić information content (AvgIpc) is 2.86. The number of rotatable bonds is 6. The molecule has 0 aromatic carbocycles. The van der Waals surface area contributed by atoms with Gasteiger partial charge in [-0.05, 0) is 55.9 Å². The Morgan fingerprint density at radius 3 is 2.45 bits per heavy atom. The Morgan fingerprint density at radius 1 is 1.05 bits per heavy atom. The van der Waals surface area contributed by atoms with Gasteiger partial charge in [0.05, 0.1) is 6.04 Å². The van der Waals surface area contributed by atoms with Crippen molar-refractivity contribution in [3.63, 3.8) is 0 Å². The van der Waals surface area contributed by atoms with E-state index < -0.39 is 47.8 Å². The number of aromatic hydroxyl groups is 1. The molecule has 5 N–H and O–H groups in total. The highest BCUT2D eigenvalue weighted by Gasteiger charge is 2.35. The molecule has 0 spiro atoms. The van der Waals surface area contributed by atoms with Crippen LogP contribution in [-0.2, 0) is 20.8 Å². The van der Waals surface area contributed by atoms with Gasteiger partial charge in [0.15, 0.2) is 5.69 Å². The summed E-state index contributed by atoms with van der Waals surface area (Å²) in [5.41, 5.74) is 0.631. The van der Waals surface area contributed by atoms with Crippen LogP contribution >= 0.6 is 0 Å². The number of pyridine rings is 2. The van der Waals surface area contributed by atoms with Gasteiger partial charge in [0.1, 0.15) is 17.8 Å². The molecule has 11 heteroatoms. The van der Waals surface area contributed by atoms with Crippen LogP contribution in [0.5, 0.6) is 5.75 Å². The predicted octanol–water partition coefficient (Wildman–Crippen LogP) is 1.08. The molecule has 38 heavy (non-hydrogen) atoms. The van der Waals surface area contributed by atoms with Crippen molar-refractivity contribution in [3.05, 3.63) is 54.1 Å². The minimum atomic E-state index is -1.19. The van der Waals surface area contributed by atoms with Crippen LogP contribution in [0.1, 0.15) is 56.6 Å². The van der Waals surface area contributed by atoms with Crippen molar-refractivity contribution in [3.8, 4) is 5.75 Å². The van der Waals surface area contributed by atoms with Crippen molar-refractivity contribution in [1.29, 1.82) is 0 Å². The summed E-state index contributed by atoms with van der Waals surface area (Å²) in [5, 5.41) is 21.3. The fraction of sp³-hybridized carbons (Fsp3) is 0.481. The second kappa shape index (κ2) is 13.0. The van der Waals surface area contributed by atoms with Gasteiger partial charge in [0.2, 0.25) is 17.7 Å². The predicted molar refractivity (Wildman–Crippen MR) is 140 cm³/mol. The van der Waals surface area contributed by atoms with E-state index >= 15 is 0 Å². The Hall–Kier alpha value is -4.02. The summed E-state index contributed by atoms with van der Waals surface area (Å²) in [6.07, 6.45) is 5.81. The highest BCUT2D eigenvalue weighted by atomic mass is 16.3. The third-order valence-electron chi connectivity index (χ3n) is 6.42. The molecule has 204 valence electrons. The monoisotopic (exact) mass is 524 g/mol. The van der Waals surface area contributed by atoms with Gasteiger partial charge in [-0.15, -0.1) is 0 Å². The number of nitrogens with one attached hydrogen (secondary N) is 4. The minimum Gasteiger partial charge on any atom is -0.505 e. The first kappa shape index (κ1) is 28.5. The Labute approximate surface area is 222 Å². The van der Waals surface area contributed by atoms with Gasteiger partial charge < -0.3 is 26.4 Å². The van der Waals surface area contributed by atoms with Gasteiger partial charge in [-0.1, -0.05) is 26.8 Å². The van der Waals surface area contributed by atoms with E-state index in [4.69, 9.17) is 0 Å². The average molecular weight is 525 g/mol. The largest absolute Gasteiger partial charge is 0.505 e. The van der Waals surface area contributed by atoms with Crippen LogP contribution in [0.2, 0.25) is 0 Å². The third-order valence-corrected chi connectivity index (χ3v) is 6.42. The normalized spacial score (nSPS) is 24.9. The molecule has 0 bridgehead atoms. The lowest BCUT2D eigenvalue weighted by Crippen LogP contribution is -2.62. The summed E-state index contributed by atoms with van der Waals surface area (Å²) in [6.45, 7) is 7.24.